The lowest BCUT2D eigenvalue weighted by Gasteiger charge is -2.18. The van der Waals surface area contributed by atoms with Crippen molar-refractivity contribution in [3.63, 3.8) is 0 Å². The van der Waals surface area contributed by atoms with Crippen LogP contribution >= 0.6 is 0 Å². The maximum Gasteiger partial charge on any atom is 0.309 e. The summed E-state index contributed by atoms with van der Waals surface area (Å²) in [6, 6.07) is 4.61. The highest BCUT2D eigenvalue weighted by Gasteiger charge is 2.26. The van der Waals surface area contributed by atoms with Crippen molar-refractivity contribution in [1.82, 2.24) is 0 Å². The zero-order valence-electron chi connectivity index (χ0n) is 10.3. The summed E-state index contributed by atoms with van der Waals surface area (Å²) >= 11 is 0. The molecule has 0 aliphatic heterocycles. The molecule has 94 valence electrons. The maximum absolute atomic E-state index is 13.6. The molecule has 0 aliphatic rings. The number of aliphatic carboxylic acids is 1. The van der Waals surface area contributed by atoms with Crippen LogP contribution in [0.5, 0.6) is 5.75 Å². The molecule has 17 heavy (non-hydrogen) atoms. The van der Waals surface area contributed by atoms with Crippen LogP contribution < -0.4 is 4.74 Å². The van der Waals surface area contributed by atoms with E-state index in [1.165, 1.54) is 13.2 Å². The van der Waals surface area contributed by atoms with Gasteiger partial charge in [0.1, 0.15) is 11.6 Å². The second kappa shape index (κ2) is 5.17. The van der Waals surface area contributed by atoms with Crippen LogP contribution in [0.3, 0.4) is 0 Å². The molecule has 0 saturated carbocycles. The first-order valence-electron chi connectivity index (χ1n) is 5.42. The number of hydrogen-bond donors (Lipinski definition) is 1. The molecule has 1 N–H and O–H groups in total. The molecule has 0 bridgehead atoms. The Labute approximate surface area is 100 Å². The van der Waals surface area contributed by atoms with Crippen LogP contribution in [0.15, 0.2) is 18.2 Å². The first-order valence-corrected chi connectivity index (χ1v) is 5.42. The minimum Gasteiger partial charge on any atom is -0.497 e. The van der Waals surface area contributed by atoms with Crippen LogP contribution in [0.25, 0.3) is 0 Å². The van der Waals surface area contributed by atoms with Crippen LogP contribution in [0.2, 0.25) is 0 Å². The second-order valence-corrected chi connectivity index (χ2v) is 4.65. The largest absolute Gasteiger partial charge is 0.497 e. The van der Waals surface area contributed by atoms with Crippen molar-refractivity contribution in [1.29, 1.82) is 0 Å². The number of aryl methyl sites for hydroxylation is 1. The Morgan fingerprint density at radius 2 is 2.12 bits per heavy atom. The molecular formula is C13H17FO3. The Balaban J connectivity index is 2.73. The van der Waals surface area contributed by atoms with Crippen molar-refractivity contribution in [3.05, 3.63) is 29.6 Å². The zero-order valence-corrected chi connectivity index (χ0v) is 10.3. The third-order valence-electron chi connectivity index (χ3n) is 2.86. The summed E-state index contributed by atoms with van der Waals surface area (Å²) in [7, 11) is 1.47. The van der Waals surface area contributed by atoms with Crippen molar-refractivity contribution in [2.45, 2.75) is 26.7 Å². The number of carboxylic acid groups (broad SMARTS) is 1. The maximum atomic E-state index is 13.6. The van der Waals surface area contributed by atoms with E-state index in [0.717, 1.165) is 0 Å². The quantitative estimate of drug-likeness (QED) is 0.860. The molecule has 0 amide bonds. The molecule has 0 aliphatic carbocycles. The number of carbonyl (C=O) groups is 1. The molecule has 1 rings (SSSR count). The van der Waals surface area contributed by atoms with Gasteiger partial charge in [0.2, 0.25) is 0 Å². The molecule has 4 heteroatoms. The van der Waals surface area contributed by atoms with E-state index in [0.29, 0.717) is 24.2 Å². The third-order valence-corrected chi connectivity index (χ3v) is 2.86. The van der Waals surface area contributed by atoms with Gasteiger partial charge < -0.3 is 9.84 Å². The monoisotopic (exact) mass is 240 g/mol. The third kappa shape index (κ3) is 3.44. The zero-order chi connectivity index (χ0) is 13.1. The number of hydrogen-bond acceptors (Lipinski definition) is 2. The average Bonchev–Trinajstić information content (AvgIpc) is 2.27. The molecule has 0 aromatic heterocycles. The fourth-order valence-corrected chi connectivity index (χ4v) is 1.41. The van der Waals surface area contributed by atoms with Gasteiger partial charge in [-0.3, -0.25) is 4.79 Å². The van der Waals surface area contributed by atoms with Gasteiger partial charge in [-0.1, -0.05) is 6.07 Å². The summed E-state index contributed by atoms with van der Waals surface area (Å²) in [6.07, 6.45) is 0.792. The number of ether oxygens (including phenoxy) is 1. The molecule has 0 fully saturated rings. The minimum atomic E-state index is -0.869. The number of methoxy groups -OCH3 is 1. The fraction of sp³-hybridized carbons (Fsp3) is 0.462. The minimum absolute atomic E-state index is 0.356. The van der Waals surface area contributed by atoms with Gasteiger partial charge in [-0.2, -0.15) is 0 Å². The van der Waals surface area contributed by atoms with Gasteiger partial charge in [0, 0.05) is 6.07 Å². The Hall–Kier alpha value is -1.58. The van der Waals surface area contributed by atoms with E-state index >= 15 is 0 Å². The first kappa shape index (κ1) is 13.5. The van der Waals surface area contributed by atoms with Gasteiger partial charge >= 0.3 is 5.97 Å². The van der Waals surface area contributed by atoms with Crippen LogP contribution in [-0.4, -0.2) is 18.2 Å². The summed E-state index contributed by atoms with van der Waals surface area (Å²) in [5.41, 5.74) is -0.327. The molecule has 0 saturated heterocycles. The number of benzene rings is 1. The summed E-state index contributed by atoms with van der Waals surface area (Å²) in [5, 5.41) is 8.96. The highest BCUT2D eigenvalue weighted by molar-refractivity contribution is 5.73. The molecule has 0 radical (unpaired) electrons. The molecular weight excluding hydrogens is 223 g/mol. The average molecular weight is 240 g/mol. The summed E-state index contributed by atoms with van der Waals surface area (Å²) < 4.78 is 18.5. The van der Waals surface area contributed by atoms with E-state index in [1.54, 1.807) is 26.0 Å². The molecule has 1 aromatic carbocycles. The molecule has 0 heterocycles. The molecule has 1 aromatic rings. The van der Waals surface area contributed by atoms with Gasteiger partial charge in [-0.05, 0) is 38.3 Å². The smallest absolute Gasteiger partial charge is 0.309 e. The summed E-state index contributed by atoms with van der Waals surface area (Å²) in [6.45, 7) is 3.27. The number of halogens is 1. The van der Waals surface area contributed by atoms with E-state index in [9.17, 15) is 9.18 Å². The van der Waals surface area contributed by atoms with Crippen LogP contribution in [-0.2, 0) is 11.2 Å². The summed E-state index contributed by atoms with van der Waals surface area (Å²) in [4.78, 5) is 10.9. The Kier molecular flexibility index (Phi) is 4.10. The van der Waals surface area contributed by atoms with Crippen LogP contribution in [0.4, 0.5) is 4.39 Å². The fourth-order valence-electron chi connectivity index (χ4n) is 1.41. The molecule has 0 atom stereocenters. The van der Waals surface area contributed by atoms with Gasteiger partial charge in [-0.25, -0.2) is 4.39 Å². The lowest BCUT2D eigenvalue weighted by molar-refractivity contribution is -0.147. The van der Waals surface area contributed by atoms with Crippen LogP contribution in [0.1, 0.15) is 25.8 Å². The molecule has 3 nitrogen and oxygen atoms in total. The Morgan fingerprint density at radius 1 is 1.47 bits per heavy atom. The van der Waals surface area contributed by atoms with E-state index in [2.05, 4.69) is 0 Å². The van der Waals surface area contributed by atoms with Crippen molar-refractivity contribution < 1.29 is 19.0 Å². The van der Waals surface area contributed by atoms with Gasteiger partial charge in [-0.15, -0.1) is 0 Å². The normalized spacial score (nSPS) is 11.3. The Bertz CT molecular complexity index is 413. The van der Waals surface area contributed by atoms with Crippen molar-refractivity contribution in [2.24, 2.45) is 5.41 Å². The van der Waals surface area contributed by atoms with Crippen LogP contribution in [0, 0.1) is 11.2 Å². The number of rotatable bonds is 5. The van der Waals surface area contributed by atoms with E-state index in [-0.39, 0.29) is 5.82 Å². The second-order valence-electron chi connectivity index (χ2n) is 4.65. The van der Waals surface area contributed by atoms with E-state index in [1.807, 2.05) is 0 Å². The highest BCUT2D eigenvalue weighted by Crippen LogP contribution is 2.25. The number of carboxylic acids is 1. The van der Waals surface area contributed by atoms with E-state index in [4.69, 9.17) is 9.84 Å². The highest BCUT2D eigenvalue weighted by atomic mass is 19.1. The van der Waals surface area contributed by atoms with E-state index < -0.39 is 11.4 Å². The predicted octanol–water partition coefficient (Wildman–Crippen LogP) is 2.88. The van der Waals surface area contributed by atoms with Gasteiger partial charge in [0.15, 0.2) is 0 Å². The lowest BCUT2D eigenvalue weighted by Crippen LogP contribution is -2.24. The predicted molar refractivity (Wildman–Crippen MR) is 62.7 cm³/mol. The SMILES string of the molecule is COc1ccc(CCC(C)(C)C(=O)O)c(F)c1. The van der Waals surface area contributed by atoms with Crippen molar-refractivity contribution in [2.75, 3.05) is 7.11 Å². The Morgan fingerprint density at radius 3 is 2.59 bits per heavy atom. The van der Waals surface area contributed by atoms with Crippen molar-refractivity contribution in [3.8, 4) is 5.75 Å². The van der Waals surface area contributed by atoms with Gasteiger partial charge in [0.05, 0.1) is 12.5 Å². The lowest BCUT2D eigenvalue weighted by atomic mass is 9.86. The topological polar surface area (TPSA) is 46.5 Å². The molecule has 0 spiro atoms. The standard InChI is InChI=1S/C13H17FO3/c1-13(2,12(15)16)7-6-9-4-5-10(17-3)8-11(9)14/h4-5,8H,6-7H2,1-3H3,(H,15,16). The van der Waals surface area contributed by atoms with Crippen molar-refractivity contribution >= 4 is 5.97 Å². The molecule has 0 unspecified atom stereocenters. The summed E-state index contributed by atoms with van der Waals surface area (Å²) in [5.74, 6) is -0.763. The van der Waals surface area contributed by atoms with Gasteiger partial charge in [0.25, 0.3) is 0 Å². The first-order chi connectivity index (χ1) is 7.86.